The van der Waals surface area contributed by atoms with Crippen molar-refractivity contribution in [2.24, 2.45) is 0 Å². The predicted octanol–water partition coefficient (Wildman–Crippen LogP) is 3.48. The number of alkyl halides is 3. The minimum Gasteiger partial charge on any atom is -0.378 e. The normalized spacial score (nSPS) is 11.8. The Labute approximate surface area is 128 Å². The highest BCUT2D eigenvalue weighted by molar-refractivity contribution is 7.87. The van der Waals surface area contributed by atoms with E-state index in [1.165, 1.54) is 12.1 Å². The molecule has 0 radical (unpaired) electrons. The number of hydrogen-bond acceptors (Lipinski definition) is 4. The van der Waals surface area contributed by atoms with Crippen molar-refractivity contribution in [2.45, 2.75) is 11.1 Å². The first-order valence-corrected chi connectivity index (χ1v) is 7.36. The molecule has 23 heavy (non-hydrogen) atoms. The zero-order valence-corrected chi connectivity index (χ0v) is 12.0. The topological polar surface area (TPSA) is 67.2 Å². The molecule has 0 spiro atoms. The second-order valence-corrected chi connectivity index (χ2v) is 5.83. The van der Waals surface area contributed by atoms with E-state index < -0.39 is 43.9 Å². The molecule has 0 aromatic heterocycles. The first kappa shape index (κ1) is 16.8. The molecule has 0 aliphatic carbocycles. The van der Waals surface area contributed by atoms with Crippen LogP contribution in [-0.4, -0.2) is 8.42 Å². The molecular weight excluding hydrogens is 338 g/mol. The lowest BCUT2D eigenvalue weighted by molar-refractivity contribution is -0.138. The average molecular weight is 345 g/mol. The molecule has 0 bridgehead atoms. The van der Waals surface area contributed by atoms with E-state index in [1.54, 1.807) is 0 Å². The fourth-order valence-corrected chi connectivity index (χ4v) is 2.66. The molecule has 2 aromatic rings. The summed E-state index contributed by atoms with van der Waals surface area (Å²) in [5, 5.41) is 8.67. The van der Waals surface area contributed by atoms with Crippen molar-refractivity contribution in [1.29, 1.82) is 5.26 Å². The summed E-state index contributed by atoms with van der Waals surface area (Å²) in [6, 6.07) is 7.37. The van der Waals surface area contributed by atoms with E-state index in [0.29, 0.717) is 18.2 Å². The summed E-state index contributed by atoms with van der Waals surface area (Å²) in [7, 11) is -4.66. The summed E-state index contributed by atoms with van der Waals surface area (Å²) >= 11 is 0. The predicted molar refractivity (Wildman–Crippen MR) is 70.4 cm³/mol. The van der Waals surface area contributed by atoms with Gasteiger partial charge in [0.05, 0.1) is 11.1 Å². The van der Waals surface area contributed by atoms with Gasteiger partial charge in [0.2, 0.25) is 0 Å². The van der Waals surface area contributed by atoms with Gasteiger partial charge in [-0.25, -0.2) is 4.39 Å². The van der Waals surface area contributed by atoms with Crippen LogP contribution in [0.4, 0.5) is 17.6 Å². The number of nitriles is 1. The van der Waals surface area contributed by atoms with Crippen LogP contribution in [0.15, 0.2) is 47.4 Å². The van der Waals surface area contributed by atoms with Crippen LogP contribution in [-0.2, 0) is 16.3 Å². The van der Waals surface area contributed by atoms with Crippen LogP contribution in [0.1, 0.15) is 11.1 Å². The van der Waals surface area contributed by atoms with Gasteiger partial charge in [-0.15, -0.1) is 0 Å². The molecular formula is C14H7F4NO3S. The number of para-hydroxylation sites is 1. The highest BCUT2D eigenvalue weighted by atomic mass is 32.2. The zero-order chi connectivity index (χ0) is 17.3. The number of hydrogen-bond donors (Lipinski definition) is 0. The molecule has 0 amide bonds. The molecule has 0 saturated carbocycles. The van der Waals surface area contributed by atoms with E-state index >= 15 is 0 Å². The van der Waals surface area contributed by atoms with Gasteiger partial charge in [0.1, 0.15) is 16.8 Å². The van der Waals surface area contributed by atoms with Gasteiger partial charge in [-0.3, -0.25) is 0 Å². The Balaban J connectivity index is 2.47. The third-order valence-electron chi connectivity index (χ3n) is 2.74. The average Bonchev–Trinajstić information content (AvgIpc) is 2.46. The van der Waals surface area contributed by atoms with E-state index in [1.807, 2.05) is 0 Å². The maximum Gasteiger partial charge on any atom is 0.420 e. The molecule has 2 aromatic carbocycles. The number of nitrogens with zero attached hydrogens (tertiary/aromatic N) is 1. The van der Waals surface area contributed by atoms with E-state index in [0.717, 1.165) is 18.2 Å². The number of benzene rings is 2. The fraction of sp³-hybridized carbons (Fsp3) is 0.0714. The summed E-state index contributed by atoms with van der Waals surface area (Å²) < 4.78 is 80.3. The number of rotatable bonds is 3. The highest BCUT2D eigenvalue weighted by Gasteiger charge is 2.35. The molecule has 0 aliphatic heterocycles. The molecule has 0 fully saturated rings. The maximum absolute atomic E-state index is 13.2. The van der Waals surface area contributed by atoms with Crippen LogP contribution in [0.3, 0.4) is 0 Å². The maximum atomic E-state index is 13.2. The first-order chi connectivity index (χ1) is 10.6. The zero-order valence-electron chi connectivity index (χ0n) is 11.1. The molecule has 120 valence electrons. The summed E-state index contributed by atoms with van der Waals surface area (Å²) in [5.41, 5.74) is -1.84. The van der Waals surface area contributed by atoms with Gasteiger partial charge >= 0.3 is 16.3 Å². The molecule has 4 nitrogen and oxygen atoms in total. The minimum atomic E-state index is -4.81. The lowest BCUT2D eigenvalue weighted by Crippen LogP contribution is -2.14. The third-order valence-corrected chi connectivity index (χ3v) is 3.97. The van der Waals surface area contributed by atoms with Gasteiger partial charge in [-0.05, 0) is 30.3 Å². The van der Waals surface area contributed by atoms with Gasteiger partial charge in [0.15, 0.2) is 5.75 Å². The van der Waals surface area contributed by atoms with Crippen LogP contribution in [0, 0.1) is 17.1 Å². The fourth-order valence-electron chi connectivity index (χ4n) is 1.69. The monoisotopic (exact) mass is 345 g/mol. The van der Waals surface area contributed by atoms with Gasteiger partial charge in [0, 0.05) is 0 Å². The lowest BCUT2D eigenvalue weighted by Gasteiger charge is -2.13. The van der Waals surface area contributed by atoms with Crippen molar-refractivity contribution in [3.05, 3.63) is 59.4 Å². The summed E-state index contributed by atoms with van der Waals surface area (Å²) in [5.74, 6) is -1.87. The third kappa shape index (κ3) is 3.60. The van der Waals surface area contributed by atoms with Crippen LogP contribution in [0.2, 0.25) is 0 Å². The second-order valence-electron chi connectivity index (χ2n) is 4.28. The second kappa shape index (κ2) is 5.89. The summed E-state index contributed by atoms with van der Waals surface area (Å²) in [4.78, 5) is -0.632. The van der Waals surface area contributed by atoms with Crippen molar-refractivity contribution in [1.82, 2.24) is 0 Å². The minimum absolute atomic E-state index is 0.571. The largest absolute Gasteiger partial charge is 0.420 e. The van der Waals surface area contributed by atoms with E-state index in [9.17, 15) is 26.0 Å². The highest BCUT2D eigenvalue weighted by Crippen LogP contribution is 2.37. The van der Waals surface area contributed by atoms with Gasteiger partial charge in [0.25, 0.3) is 0 Å². The van der Waals surface area contributed by atoms with Crippen molar-refractivity contribution in [3.8, 4) is 11.8 Å². The Bertz CT molecular complexity index is 886. The van der Waals surface area contributed by atoms with Crippen molar-refractivity contribution < 1.29 is 30.2 Å². The van der Waals surface area contributed by atoms with E-state index in [-0.39, 0.29) is 0 Å². The van der Waals surface area contributed by atoms with Gasteiger partial charge < -0.3 is 4.18 Å². The van der Waals surface area contributed by atoms with Crippen molar-refractivity contribution >= 4 is 10.1 Å². The van der Waals surface area contributed by atoms with Crippen LogP contribution in [0.25, 0.3) is 0 Å². The first-order valence-electron chi connectivity index (χ1n) is 5.95. The van der Waals surface area contributed by atoms with E-state index in [4.69, 9.17) is 5.26 Å². The molecule has 0 aliphatic rings. The van der Waals surface area contributed by atoms with Gasteiger partial charge in [-0.1, -0.05) is 12.1 Å². The van der Waals surface area contributed by atoms with Crippen LogP contribution in [0.5, 0.6) is 5.75 Å². The lowest BCUT2D eigenvalue weighted by atomic mass is 10.2. The summed E-state index contributed by atoms with van der Waals surface area (Å²) in [6.07, 6.45) is -4.81. The molecule has 2 rings (SSSR count). The van der Waals surface area contributed by atoms with Gasteiger partial charge in [-0.2, -0.15) is 26.9 Å². The smallest absolute Gasteiger partial charge is 0.378 e. The molecule has 9 heteroatoms. The molecule has 0 heterocycles. The Hall–Kier alpha value is -2.60. The van der Waals surface area contributed by atoms with Crippen molar-refractivity contribution in [2.75, 3.05) is 0 Å². The van der Waals surface area contributed by atoms with Crippen molar-refractivity contribution in [3.63, 3.8) is 0 Å². The molecule has 0 saturated heterocycles. The van der Waals surface area contributed by atoms with Crippen LogP contribution < -0.4 is 4.18 Å². The molecule has 0 unspecified atom stereocenters. The molecule has 0 N–H and O–H groups in total. The standard InChI is InChI=1S/C14H7F4NO3S/c15-12-6-5-10(7-9(12)8-19)23(20,21)22-13-4-2-1-3-11(13)14(16,17)18/h1-7H. The quantitative estimate of drug-likeness (QED) is 0.631. The Morgan fingerprint density at radius 3 is 2.35 bits per heavy atom. The van der Waals surface area contributed by atoms with Crippen LogP contribution >= 0.6 is 0 Å². The Morgan fingerprint density at radius 2 is 1.74 bits per heavy atom. The summed E-state index contributed by atoms with van der Waals surface area (Å²) in [6.45, 7) is 0. The SMILES string of the molecule is N#Cc1cc(S(=O)(=O)Oc2ccccc2C(F)(F)F)ccc1F. The van der Waals surface area contributed by atoms with E-state index in [2.05, 4.69) is 4.18 Å². The number of halogens is 4. The Kier molecular flexibility index (Phi) is 4.29. The molecule has 0 atom stereocenters. The Morgan fingerprint density at radius 1 is 1.09 bits per heavy atom.